The molecule has 0 aliphatic carbocycles. The Morgan fingerprint density at radius 3 is 2.59 bits per heavy atom. The molecule has 0 bridgehead atoms. The molecular formula is C30H31ClN8O2. The smallest absolute Gasteiger partial charge is 0.265 e. The van der Waals surface area contributed by atoms with Gasteiger partial charge in [-0.3, -0.25) is 4.90 Å². The zero-order chi connectivity index (χ0) is 28.0. The average molecular weight is 571 g/mol. The van der Waals surface area contributed by atoms with Gasteiger partial charge in [0.2, 0.25) is 0 Å². The fourth-order valence-electron chi connectivity index (χ4n) is 5.82. The summed E-state index contributed by atoms with van der Waals surface area (Å²) >= 11 is 6.37. The van der Waals surface area contributed by atoms with E-state index in [1.807, 2.05) is 72.7 Å². The predicted molar refractivity (Wildman–Crippen MR) is 159 cm³/mol. The summed E-state index contributed by atoms with van der Waals surface area (Å²) in [7, 11) is 1.98. The number of aliphatic hydroxyl groups is 1. The third-order valence-electron chi connectivity index (χ3n) is 7.97. The maximum atomic E-state index is 12.7. The fourth-order valence-corrected chi connectivity index (χ4v) is 6.01. The van der Waals surface area contributed by atoms with Gasteiger partial charge in [-0.05, 0) is 41.0 Å². The maximum Gasteiger partial charge on any atom is 0.265 e. The predicted octanol–water partition coefficient (Wildman–Crippen LogP) is 2.69. The summed E-state index contributed by atoms with van der Waals surface area (Å²) < 4.78 is 5.50. The molecule has 0 aromatic heterocycles. The lowest BCUT2D eigenvalue weighted by Gasteiger charge is -2.35. The number of aliphatic imine (C=N–C) groups is 1. The van der Waals surface area contributed by atoms with Crippen LogP contribution in [0.5, 0.6) is 0 Å². The quantitative estimate of drug-likeness (QED) is 0.359. The van der Waals surface area contributed by atoms with Gasteiger partial charge in [-0.1, -0.05) is 54.1 Å². The Hall–Kier alpha value is -3.93. The monoisotopic (exact) mass is 570 g/mol. The van der Waals surface area contributed by atoms with E-state index in [1.165, 1.54) is 5.56 Å². The van der Waals surface area contributed by atoms with E-state index in [4.69, 9.17) is 21.3 Å². The Labute approximate surface area is 243 Å². The van der Waals surface area contributed by atoms with Crippen molar-refractivity contribution in [2.75, 3.05) is 45.0 Å². The molecule has 4 N–H and O–H groups in total. The average Bonchev–Trinajstić information content (AvgIpc) is 3.66. The van der Waals surface area contributed by atoms with E-state index in [9.17, 15) is 5.11 Å². The highest BCUT2D eigenvalue weighted by atomic mass is 35.5. The molecule has 10 nitrogen and oxygen atoms in total. The van der Waals surface area contributed by atoms with Crippen molar-refractivity contribution in [2.45, 2.75) is 12.1 Å². The number of guanidine groups is 1. The Balaban J connectivity index is 1.32. The molecule has 7 rings (SSSR count). The van der Waals surface area contributed by atoms with Crippen LogP contribution in [0.3, 0.4) is 0 Å². The van der Waals surface area contributed by atoms with Crippen LogP contribution in [0.2, 0.25) is 5.02 Å². The zero-order valence-electron chi connectivity index (χ0n) is 22.6. The number of rotatable bonds is 6. The lowest BCUT2D eigenvalue weighted by Crippen LogP contribution is -2.44. The van der Waals surface area contributed by atoms with E-state index in [-0.39, 0.29) is 0 Å². The van der Waals surface area contributed by atoms with Crippen molar-refractivity contribution in [2.24, 2.45) is 10.1 Å². The Kier molecular flexibility index (Phi) is 6.64. The molecule has 41 heavy (non-hydrogen) atoms. The number of hydrazone groups is 1. The SMILES string of the molecule is CN1CNC=C1C(O)(c1ccc(CN2CCOCC2)cc1)c1ccc2c(c1)C(c1cccc(Cl)c1)=NC1=NNNN12. The molecule has 4 aliphatic heterocycles. The van der Waals surface area contributed by atoms with Crippen molar-refractivity contribution in [1.82, 2.24) is 26.2 Å². The van der Waals surface area contributed by atoms with Crippen molar-refractivity contribution in [3.8, 4) is 0 Å². The number of halogens is 1. The minimum absolute atomic E-state index is 0.494. The van der Waals surface area contributed by atoms with Gasteiger partial charge in [0.15, 0.2) is 5.60 Å². The first-order valence-corrected chi connectivity index (χ1v) is 14.0. The number of hydrogen-bond acceptors (Lipinski definition) is 10. The molecule has 4 aliphatic rings. The van der Waals surface area contributed by atoms with Crippen LogP contribution in [0.25, 0.3) is 0 Å². The first kappa shape index (κ1) is 26.0. The lowest BCUT2D eigenvalue weighted by molar-refractivity contribution is 0.0342. The van der Waals surface area contributed by atoms with Crippen molar-refractivity contribution < 1.29 is 9.84 Å². The second-order valence-corrected chi connectivity index (χ2v) is 11.0. The van der Waals surface area contributed by atoms with Gasteiger partial charge in [-0.25, -0.2) is 15.5 Å². The van der Waals surface area contributed by atoms with E-state index in [2.05, 4.69) is 38.5 Å². The molecule has 1 fully saturated rings. The molecule has 4 heterocycles. The first-order valence-electron chi connectivity index (χ1n) is 13.7. The highest BCUT2D eigenvalue weighted by Gasteiger charge is 2.41. The largest absolute Gasteiger partial charge is 0.379 e. The molecule has 0 spiro atoms. The third kappa shape index (κ3) is 4.63. The van der Waals surface area contributed by atoms with Gasteiger partial charge in [0.25, 0.3) is 5.96 Å². The number of nitrogens with one attached hydrogen (secondary N) is 3. The normalized spacial score (nSPS) is 19.8. The van der Waals surface area contributed by atoms with Crippen molar-refractivity contribution >= 4 is 29.0 Å². The lowest BCUT2D eigenvalue weighted by atomic mass is 9.81. The van der Waals surface area contributed by atoms with Gasteiger partial charge in [0.05, 0.1) is 37.0 Å². The number of hydrogen-bond donors (Lipinski definition) is 4. The van der Waals surface area contributed by atoms with Gasteiger partial charge in [0, 0.05) is 49.0 Å². The van der Waals surface area contributed by atoms with Gasteiger partial charge in [0.1, 0.15) is 0 Å². The van der Waals surface area contributed by atoms with Crippen LogP contribution in [-0.4, -0.2) is 66.6 Å². The summed E-state index contributed by atoms with van der Waals surface area (Å²) in [4.78, 5) is 9.27. The van der Waals surface area contributed by atoms with E-state index in [1.54, 1.807) is 5.01 Å². The van der Waals surface area contributed by atoms with Gasteiger partial charge >= 0.3 is 0 Å². The molecule has 3 aromatic rings. The Morgan fingerprint density at radius 2 is 1.83 bits per heavy atom. The van der Waals surface area contributed by atoms with Gasteiger partial charge < -0.3 is 20.1 Å². The third-order valence-corrected chi connectivity index (χ3v) is 8.20. The first-order chi connectivity index (χ1) is 20.0. The molecule has 210 valence electrons. The van der Waals surface area contributed by atoms with E-state index in [0.717, 1.165) is 72.2 Å². The summed E-state index contributed by atoms with van der Waals surface area (Å²) in [5.74, 6) is 0.494. The minimum atomic E-state index is -1.42. The van der Waals surface area contributed by atoms with Crippen molar-refractivity contribution in [1.29, 1.82) is 0 Å². The Bertz CT molecular complexity index is 1570. The number of fused-ring (bicyclic) bond motifs is 3. The number of ether oxygens (including phenoxy) is 1. The van der Waals surface area contributed by atoms with E-state index in [0.29, 0.717) is 17.7 Å². The highest BCUT2D eigenvalue weighted by molar-refractivity contribution is 6.32. The summed E-state index contributed by atoms with van der Waals surface area (Å²) in [5.41, 5.74) is 11.2. The van der Waals surface area contributed by atoms with Crippen LogP contribution in [0.1, 0.15) is 27.8 Å². The van der Waals surface area contributed by atoms with E-state index >= 15 is 0 Å². The van der Waals surface area contributed by atoms with Gasteiger partial charge in [-0.15, -0.1) is 10.6 Å². The summed E-state index contributed by atoms with van der Waals surface area (Å²) in [5, 5.41) is 22.7. The molecule has 0 radical (unpaired) electrons. The number of likely N-dealkylation sites (N-methyl/N-ethyl adjacent to an activating group) is 1. The number of morpholine rings is 1. The highest BCUT2D eigenvalue weighted by Crippen LogP contribution is 2.41. The molecule has 11 heteroatoms. The standard InChI is InChI=1S/C30H31ClN8O2/c1-37-19-32-17-27(37)30(40,22-7-5-20(6-8-22)18-38-11-13-41-14-12-38)23-9-10-26-25(16-23)28(21-3-2-4-24(31)15-21)33-29-34-35-36-39(26)29/h2-10,15-17,32,35-36,40H,11-14,18-19H2,1H3. The summed E-state index contributed by atoms with van der Waals surface area (Å²) in [6, 6.07) is 21.9. The maximum absolute atomic E-state index is 12.7. The molecular weight excluding hydrogens is 540 g/mol. The minimum Gasteiger partial charge on any atom is -0.379 e. The second-order valence-electron chi connectivity index (χ2n) is 10.6. The number of anilines is 1. The van der Waals surface area contributed by atoms with Gasteiger partial charge in [-0.2, -0.15) is 0 Å². The van der Waals surface area contributed by atoms with Crippen LogP contribution in [0.15, 0.2) is 88.7 Å². The Morgan fingerprint density at radius 1 is 1.02 bits per heavy atom. The number of benzene rings is 3. The van der Waals surface area contributed by atoms with Crippen LogP contribution in [0, 0.1) is 0 Å². The molecule has 1 unspecified atom stereocenters. The summed E-state index contributed by atoms with van der Waals surface area (Å²) in [6.07, 6.45) is 1.89. The molecule has 1 saturated heterocycles. The molecule has 0 saturated carbocycles. The fraction of sp³-hybridized carbons (Fsp3) is 0.267. The number of hydrazine groups is 2. The zero-order valence-corrected chi connectivity index (χ0v) is 23.4. The van der Waals surface area contributed by atoms with Crippen LogP contribution in [0.4, 0.5) is 5.69 Å². The number of nitrogens with zero attached hydrogens (tertiary/aromatic N) is 5. The topological polar surface area (TPSA) is 100.0 Å². The van der Waals surface area contributed by atoms with Crippen molar-refractivity contribution in [3.05, 3.63) is 111 Å². The summed E-state index contributed by atoms with van der Waals surface area (Å²) in [6.45, 7) is 4.84. The van der Waals surface area contributed by atoms with E-state index < -0.39 is 5.60 Å². The second kappa shape index (κ2) is 10.5. The molecule has 1 atom stereocenters. The van der Waals surface area contributed by atoms with Crippen LogP contribution < -0.4 is 21.4 Å². The molecule has 3 aromatic carbocycles. The molecule has 0 amide bonds. The van der Waals surface area contributed by atoms with Crippen molar-refractivity contribution in [3.63, 3.8) is 0 Å². The van der Waals surface area contributed by atoms with Crippen LogP contribution >= 0.6 is 11.6 Å². The van der Waals surface area contributed by atoms with Crippen LogP contribution in [-0.2, 0) is 16.9 Å².